The van der Waals surface area contributed by atoms with E-state index in [4.69, 9.17) is 5.73 Å². The van der Waals surface area contributed by atoms with Crippen molar-refractivity contribution in [1.29, 1.82) is 0 Å². The highest BCUT2D eigenvalue weighted by Gasteiger charge is 2.37. The summed E-state index contributed by atoms with van der Waals surface area (Å²) in [6.45, 7) is 9.36. The van der Waals surface area contributed by atoms with Crippen LogP contribution in [0.15, 0.2) is 30.5 Å². The molecule has 4 nitrogen and oxygen atoms in total. The number of hydrogen-bond donors (Lipinski definition) is 3. The maximum atomic E-state index is 10.3. The van der Waals surface area contributed by atoms with Gasteiger partial charge in [-0.2, -0.15) is 0 Å². The molecule has 132 valence electrons. The molecule has 0 spiro atoms. The smallest absolute Gasteiger partial charge is 0.188 e. The first-order valence-electron chi connectivity index (χ1n) is 8.82. The van der Waals surface area contributed by atoms with Gasteiger partial charge < -0.3 is 15.8 Å². The van der Waals surface area contributed by atoms with Gasteiger partial charge in [0.05, 0.1) is 23.1 Å². The lowest BCUT2D eigenvalue weighted by Crippen LogP contribution is -2.38. The van der Waals surface area contributed by atoms with Gasteiger partial charge >= 0.3 is 0 Å². The van der Waals surface area contributed by atoms with E-state index >= 15 is 0 Å². The van der Waals surface area contributed by atoms with Crippen molar-refractivity contribution in [3.05, 3.63) is 30.5 Å². The van der Waals surface area contributed by atoms with Gasteiger partial charge in [-0.25, -0.2) is 0 Å². The van der Waals surface area contributed by atoms with E-state index in [2.05, 4.69) is 30.2 Å². The molecular weight excluding hydrogens is 314 g/mol. The summed E-state index contributed by atoms with van der Waals surface area (Å²) in [7, 11) is -2.08. The van der Waals surface area contributed by atoms with Crippen LogP contribution in [-0.4, -0.2) is 24.6 Å². The molecular formula is C19H31N3OSi. The lowest BCUT2D eigenvalue weighted by atomic mass is 10.0. The van der Waals surface area contributed by atoms with Gasteiger partial charge in [0.25, 0.3) is 0 Å². The van der Waals surface area contributed by atoms with E-state index in [0.717, 1.165) is 48.8 Å². The minimum atomic E-state index is -2.08. The molecule has 0 radical (unpaired) electrons. The number of fused-ring (bicyclic) bond motifs is 1. The summed E-state index contributed by atoms with van der Waals surface area (Å²) in [4.78, 5) is 14.7. The summed E-state index contributed by atoms with van der Waals surface area (Å²) in [5, 5.41) is 4.63. The van der Waals surface area contributed by atoms with Crippen molar-refractivity contribution >= 4 is 30.6 Å². The quantitative estimate of drug-likeness (QED) is 0.476. The number of nitrogens with one attached hydrogen (secondary N) is 1. The lowest BCUT2D eigenvalue weighted by Gasteiger charge is -2.35. The number of aromatic nitrogens is 1. The molecule has 0 aliphatic heterocycles. The molecule has 0 amide bonds. The zero-order chi connectivity index (χ0) is 17.8. The predicted molar refractivity (Wildman–Crippen MR) is 107 cm³/mol. The summed E-state index contributed by atoms with van der Waals surface area (Å²) >= 11 is 0. The normalized spacial score (nSPS) is 12.5. The number of hydrogen-bond acceptors (Lipinski definition) is 4. The molecule has 0 aliphatic carbocycles. The molecule has 0 atom stereocenters. The Morgan fingerprint density at radius 3 is 2.58 bits per heavy atom. The van der Waals surface area contributed by atoms with Crippen molar-refractivity contribution in [3.8, 4) is 0 Å². The second-order valence-electron chi connectivity index (χ2n) is 7.79. The van der Waals surface area contributed by atoms with Crippen LogP contribution in [0.3, 0.4) is 0 Å². The SMILES string of the molecule is CC(C)(CCCCCNc1c(N)cnc2ccccc12)[Si](C)(C)O. The number of para-hydroxylation sites is 1. The molecule has 0 bridgehead atoms. The van der Waals surface area contributed by atoms with Crippen LogP contribution in [0.5, 0.6) is 0 Å². The average molecular weight is 346 g/mol. The minimum Gasteiger partial charge on any atom is -0.432 e. The van der Waals surface area contributed by atoms with Gasteiger partial charge in [-0.3, -0.25) is 4.98 Å². The van der Waals surface area contributed by atoms with E-state index in [-0.39, 0.29) is 5.04 Å². The number of unbranched alkanes of at least 4 members (excludes halogenated alkanes) is 2. The molecule has 0 saturated heterocycles. The standard InChI is InChI=1S/C19H31N3OSi/c1-19(2,24(3,4)23)12-8-5-9-13-21-18-15-10-6-7-11-17(15)22-14-16(18)20/h6-7,10-11,14,23H,5,8-9,12-13,20H2,1-4H3,(H,21,22). The van der Waals surface area contributed by atoms with E-state index < -0.39 is 8.32 Å². The number of pyridine rings is 1. The number of rotatable bonds is 8. The Kier molecular flexibility index (Phi) is 5.88. The van der Waals surface area contributed by atoms with Gasteiger partial charge in [-0.15, -0.1) is 0 Å². The van der Waals surface area contributed by atoms with E-state index in [1.807, 2.05) is 31.3 Å². The third kappa shape index (κ3) is 4.48. The van der Waals surface area contributed by atoms with Gasteiger partial charge in [0, 0.05) is 11.9 Å². The number of nitrogens with zero attached hydrogens (tertiary/aromatic N) is 1. The van der Waals surface area contributed by atoms with E-state index in [1.54, 1.807) is 6.20 Å². The van der Waals surface area contributed by atoms with Crippen molar-refractivity contribution in [2.75, 3.05) is 17.6 Å². The highest BCUT2D eigenvalue weighted by molar-refractivity contribution is 6.72. The third-order valence-electron chi connectivity index (χ3n) is 5.24. The molecule has 1 heterocycles. The summed E-state index contributed by atoms with van der Waals surface area (Å²) in [6, 6.07) is 8.06. The molecule has 4 N–H and O–H groups in total. The molecule has 1 aromatic carbocycles. The Balaban J connectivity index is 1.83. The van der Waals surface area contributed by atoms with Crippen LogP contribution in [-0.2, 0) is 0 Å². The van der Waals surface area contributed by atoms with Crippen LogP contribution >= 0.6 is 0 Å². The fourth-order valence-corrected chi connectivity index (χ4v) is 3.53. The summed E-state index contributed by atoms with van der Waals surface area (Å²) in [6.07, 6.45) is 6.21. The molecule has 2 aromatic rings. The Morgan fingerprint density at radius 2 is 1.88 bits per heavy atom. The van der Waals surface area contributed by atoms with Crippen molar-refractivity contribution in [2.45, 2.75) is 57.7 Å². The Labute approximate surface area is 146 Å². The van der Waals surface area contributed by atoms with Crippen molar-refractivity contribution in [2.24, 2.45) is 0 Å². The molecule has 24 heavy (non-hydrogen) atoms. The minimum absolute atomic E-state index is 0.0756. The van der Waals surface area contributed by atoms with Crippen LogP contribution in [0.25, 0.3) is 10.9 Å². The van der Waals surface area contributed by atoms with E-state index in [9.17, 15) is 4.80 Å². The van der Waals surface area contributed by atoms with Crippen LogP contribution in [0.2, 0.25) is 18.1 Å². The van der Waals surface area contributed by atoms with Crippen LogP contribution < -0.4 is 11.1 Å². The number of benzene rings is 1. The average Bonchev–Trinajstić information content (AvgIpc) is 2.51. The van der Waals surface area contributed by atoms with Gasteiger partial charge in [0.1, 0.15) is 0 Å². The predicted octanol–water partition coefficient (Wildman–Crippen LogP) is 4.77. The highest BCUT2D eigenvalue weighted by Crippen LogP contribution is 2.40. The number of nitrogens with two attached hydrogens (primary N) is 1. The first-order chi connectivity index (χ1) is 11.2. The fraction of sp³-hybridized carbons (Fsp3) is 0.526. The van der Waals surface area contributed by atoms with Gasteiger partial charge in [0.15, 0.2) is 8.32 Å². The third-order valence-corrected chi connectivity index (χ3v) is 8.80. The topological polar surface area (TPSA) is 71.2 Å². The fourth-order valence-electron chi connectivity index (χ4n) is 2.74. The first kappa shape index (κ1) is 18.7. The Morgan fingerprint density at radius 1 is 1.17 bits per heavy atom. The van der Waals surface area contributed by atoms with Crippen molar-refractivity contribution in [1.82, 2.24) is 4.98 Å². The van der Waals surface area contributed by atoms with Crippen LogP contribution in [0.4, 0.5) is 11.4 Å². The highest BCUT2D eigenvalue weighted by atomic mass is 28.4. The number of anilines is 2. The van der Waals surface area contributed by atoms with Gasteiger partial charge in [0.2, 0.25) is 0 Å². The summed E-state index contributed by atoms with van der Waals surface area (Å²) in [5.41, 5.74) is 8.74. The van der Waals surface area contributed by atoms with Crippen molar-refractivity contribution in [3.63, 3.8) is 0 Å². The molecule has 0 saturated carbocycles. The van der Waals surface area contributed by atoms with E-state index in [0.29, 0.717) is 5.69 Å². The molecule has 2 rings (SSSR count). The first-order valence-corrected chi connectivity index (χ1v) is 11.8. The zero-order valence-electron chi connectivity index (χ0n) is 15.4. The Hall–Kier alpha value is -1.59. The van der Waals surface area contributed by atoms with Crippen LogP contribution in [0.1, 0.15) is 39.5 Å². The maximum Gasteiger partial charge on any atom is 0.188 e. The molecule has 0 fully saturated rings. The second-order valence-corrected chi connectivity index (χ2v) is 12.3. The monoisotopic (exact) mass is 345 g/mol. The molecule has 0 unspecified atom stereocenters. The summed E-state index contributed by atoms with van der Waals surface area (Å²) in [5.74, 6) is 0. The van der Waals surface area contributed by atoms with Crippen molar-refractivity contribution < 1.29 is 4.80 Å². The van der Waals surface area contributed by atoms with Crippen LogP contribution in [0, 0.1) is 0 Å². The second kappa shape index (κ2) is 7.53. The summed E-state index contributed by atoms with van der Waals surface area (Å²) < 4.78 is 0. The Bertz CT molecular complexity index is 680. The zero-order valence-corrected chi connectivity index (χ0v) is 16.4. The largest absolute Gasteiger partial charge is 0.432 e. The van der Waals surface area contributed by atoms with Gasteiger partial charge in [-0.05, 0) is 37.0 Å². The maximum absolute atomic E-state index is 10.3. The number of nitrogen functional groups attached to an aromatic ring is 1. The van der Waals surface area contributed by atoms with Gasteiger partial charge in [-0.1, -0.05) is 44.9 Å². The molecule has 1 aromatic heterocycles. The lowest BCUT2D eigenvalue weighted by molar-refractivity contribution is 0.437. The van der Waals surface area contributed by atoms with E-state index in [1.165, 1.54) is 0 Å². The molecule has 5 heteroatoms. The molecule has 0 aliphatic rings.